The van der Waals surface area contributed by atoms with Gasteiger partial charge in [0.05, 0.1) is 19.8 Å². The van der Waals surface area contributed by atoms with Gasteiger partial charge >= 0.3 is 0 Å². The summed E-state index contributed by atoms with van der Waals surface area (Å²) in [6.07, 6.45) is 1.54. The van der Waals surface area contributed by atoms with Crippen molar-refractivity contribution in [1.29, 1.82) is 0 Å². The summed E-state index contributed by atoms with van der Waals surface area (Å²) in [5.74, 6) is 1.98. The van der Waals surface area contributed by atoms with Crippen molar-refractivity contribution < 1.29 is 4.74 Å². The second-order valence-electron chi connectivity index (χ2n) is 5.71. The minimum absolute atomic E-state index is 0. The van der Waals surface area contributed by atoms with Crippen molar-refractivity contribution in [3.05, 3.63) is 48.0 Å². The number of hydrogen-bond donors (Lipinski definition) is 2. The molecule has 0 aliphatic heterocycles. The molecule has 0 amide bonds. The average Bonchev–Trinajstić information content (AvgIpc) is 3.01. The number of halogens is 1. The van der Waals surface area contributed by atoms with Crippen molar-refractivity contribution in [3.63, 3.8) is 0 Å². The summed E-state index contributed by atoms with van der Waals surface area (Å²) in [7, 11) is 3.62. The van der Waals surface area contributed by atoms with E-state index < -0.39 is 0 Å². The van der Waals surface area contributed by atoms with Crippen LogP contribution in [0.5, 0.6) is 0 Å². The lowest BCUT2D eigenvalue weighted by Gasteiger charge is -2.16. The van der Waals surface area contributed by atoms with Gasteiger partial charge in [-0.1, -0.05) is 37.3 Å². The van der Waals surface area contributed by atoms with Crippen LogP contribution in [0.15, 0.2) is 41.7 Å². The Labute approximate surface area is 166 Å². The molecule has 2 N–H and O–H groups in total. The van der Waals surface area contributed by atoms with E-state index in [0.717, 1.165) is 18.3 Å². The lowest BCUT2D eigenvalue weighted by atomic mass is 10.2. The molecule has 0 aliphatic carbocycles. The summed E-state index contributed by atoms with van der Waals surface area (Å²) < 4.78 is 7.50. The Morgan fingerprint density at radius 2 is 2.04 bits per heavy atom. The first-order chi connectivity index (χ1) is 11.7. The highest BCUT2D eigenvalue weighted by Gasteiger charge is 2.06. The van der Waals surface area contributed by atoms with Crippen LogP contribution in [0.25, 0.3) is 0 Å². The summed E-state index contributed by atoms with van der Waals surface area (Å²) in [6, 6.07) is 10.2. The van der Waals surface area contributed by atoms with E-state index in [-0.39, 0.29) is 24.0 Å². The largest absolute Gasteiger partial charge is 0.376 e. The van der Waals surface area contributed by atoms with Gasteiger partial charge in [0.2, 0.25) is 0 Å². The molecule has 0 aliphatic rings. The van der Waals surface area contributed by atoms with Gasteiger partial charge in [-0.25, -0.2) is 4.98 Å². The van der Waals surface area contributed by atoms with Crippen molar-refractivity contribution in [2.24, 2.45) is 18.0 Å². The molecule has 0 saturated heterocycles. The molecule has 1 aromatic carbocycles. The Bertz CT molecular complexity index is 631. The Morgan fingerprint density at radius 3 is 2.68 bits per heavy atom. The second-order valence-corrected chi connectivity index (χ2v) is 5.71. The first kappa shape index (κ1) is 21.4. The molecule has 0 fully saturated rings. The third-order valence-electron chi connectivity index (χ3n) is 3.57. The van der Waals surface area contributed by atoms with Crippen molar-refractivity contribution in [3.8, 4) is 0 Å². The van der Waals surface area contributed by atoms with Crippen LogP contribution < -0.4 is 10.6 Å². The Morgan fingerprint density at radius 1 is 1.28 bits per heavy atom. The fourth-order valence-electron chi connectivity index (χ4n) is 2.15. The first-order valence-electron chi connectivity index (χ1n) is 8.08. The van der Waals surface area contributed by atoms with Crippen LogP contribution in [0.3, 0.4) is 0 Å². The van der Waals surface area contributed by atoms with Gasteiger partial charge in [-0.3, -0.25) is 9.67 Å². The van der Waals surface area contributed by atoms with E-state index in [4.69, 9.17) is 4.74 Å². The first-order valence-corrected chi connectivity index (χ1v) is 8.08. The van der Waals surface area contributed by atoms with Crippen molar-refractivity contribution >= 4 is 29.9 Å². The fourth-order valence-corrected chi connectivity index (χ4v) is 2.15. The van der Waals surface area contributed by atoms with Gasteiger partial charge in [0.25, 0.3) is 0 Å². The van der Waals surface area contributed by atoms with Gasteiger partial charge < -0.3 is 15.4 Å². The molecule has 138 valence electrons. The Kier molecular flexibility index (Phi) is 10.1. The molecule has 0 spiro atoms. The van der Waals surface area contributed by atoms with E-state index in [1.165, 1.54) is 5.56 Å². The summed E-state index contributed by atoms with van der Waals surface area (Å²) in [6.45, 7) is 4.85. The maximum absolute atomic E-state index is 5.76. The minimum Gasteiger partial charge on any atom is -0.376 e. The van der Waals surface area contributed by atoms with E-state index in [0.29, 0.717) is 25.7 Å². The van der Waals surface area contributed by atoms with Crippen LogP contribution in [0.4, 0.5) is 0 Å². The molecule has 2 rings (SSSR count). The highest BCUT2D eigenvalue weighted by atomic mass is 127. The number of ether oxygens (including phenoxy) is 1. The molecular formula is C17H27IN6O. The second kappa shape index (κ2) is 11.8. The maximum atomic E-state index is 5.76. The molecule has 0 radical (unpaired) electrons. The lowest BCUT2D eigenvalue weighted by Crippen LogP contribution is -2.40. The number of nitrogens with zero attached hydrogens (tertiary/aromatic N) is 4. The zero-order valence-electron chi connectivity index (χ0n) is 15.0. The zero-order chi connectivity index (χ0) is 17.2. The summed E-state index contributed by atoms with van der Waals surface area (Å²) >= 11 is 0. The molecule has 1 aromatic heterocycles. The van der Waals surface area contributed by atoms with Crippen molar-refractivity contribution in [2.45, 2.75) is 20.1 Å². The predicted octanol–water partition coefficient (Wildman–Crippen LogP) is 1.95. The summed E-state index contributed by atoms with van der Waals surface area (Å²) in [5.41, 5.74) is 1.19. The SMILES string of the molecule is CN=C(NCc1ncnn1C)NCC(C)COCc1ccccc1.I. The monoisotopic (exact) mass is 458 g/mol. The van der Waals surface area contributed by atoms with Gasteiger partial charge in [0, 0.05) is 20.6 Å². The average molecular weight is 458 g/mol. The van der Waals surface area contributed by atoms with Gasteiger partial charge in [-0.2, -0.15) is 5.10 Å². The van der Waals surface area contributed by atoms with Crippen LogP contribution in [0, 0.1) is 5.92 Å². The van der Waals surface area contributed by atoms with Crippen LogP contribution in [-0.4, -0.2) is 40.9 Å². The maximum Gasteiger partial charge on any atom is 0.191 e. The molecule has 2 aromatic rings. The number of aromatic nitrogens is 3. The molecule has 8 heteroatoms. The highest BCUT2D eigenvalue weighted by Crippen LogP contribution is 2.02. The lowest BCUT2D eigenvalue weighted by molar-refractivity contribution is 0.0931. The predicted molar refractivity (Wildman–Crippen MR) is 110 cm³/mol. The van der Waals surface area contributed by atoms with E-state index in [9.17, 15) is 0 Å². The van der Waals surface area contributed by atoms with Crippen LogP contribution >= 0.6 is 24.0 Å². The molecule has 1 heterocycles. The van der Waals surface area contributed by atoms with Crippen LogP contribution in [-0.2, 0) is 24.9 Å². The Hall–Kier alpha value is -1.68. The smallest absolute Gasteiger partial charge is 0.191 e. The summed E-state index contributed by atoms with van der Waals surface area (Å²) in [5, 5.41) is 10.6. The fraction of sp³-hybridized carbons (Fsp3) is 0.471. The van der Waals surface area contributed by atoms with Crippen molar-refractivity contribution in [2.75, 3.05) is 20.2 Å². The number of nitrogens with one attached hydrogen (secondary N) is 2. The topological polar surface area (TPSA) is 76.4 Å². The number of guanidine groups is 1. The molecule has 25 heavy (non-hydrogen) atoms. The molecule has 1 unspecified atom stereocenters. The number of benzene rings is 1. The number of aryl methyl sites for hydroxylation is 1. The summed E-state index contributed by atoms with van der Waals surface area (Å²) in [4.78, 5) is 8.39. The minimum atomic E-state index is 0. The molecule has 0 bridgehead atoms. The zero-order valence-corrected chi connectivity index (χ0v) is 17.3. The number of hydrogen-bond acceptors (Lipinski definition) is 4. The van der Waals surface area contributed by atoms with Gasteiger partial charge in [-0.05, 0) is 11.5 Å². The number of rotatable bonds is 8. The van der Waals surface area contributed by atoms with E-state index >= 15 is 0 Å². The van der Waals surface area contributed by atoms with E-state index in [2.05, 4.69) is 44.8 Å². The molecule has 1 atom stereocenters. The molecular weight excluding hydrogens is 431 g/mol. The number of aliphatic imine (C=N–C) groups is 1. The highest BCUT2D eigenvalue weighted by molar-refractivity contribution is 14.0. The molecule has 0 saturated carbocycles. The third-order valence-corrected chi connectivity index (χ3v) is 3.57. The Balaban J connectivity index is 0.00000312. The third kappa shape index (κ3) is 7.82. The van der Waals surface area contributed by atoms with E-state index in [1.807, 2.05) is 25.2 Å². The van der Waals surface area contributed by atoms with Gasteiger partial charge in [0.15, 0.2) is 5.96 Å². The van der Waals surface area contributed by atoms with Gasteiger partial charge in [-0.15, -0.1) is 24.0 Å². The standard InChI is InChI=1S/C17H26N6O.HI/c1-14(11-24-12-15-7-5-4-6-8-15)9-19-17(18-2)20-10-16-21-13-22-23(16)3;/h4-8,13-14H,9-12H2,1-3H3,(H2,18,19,20);1H. The van der Waals surface area contributed by atoms with Crippen LogP contribution in [0.1, 0.15) is 18.3 Å². The van der Waals surface area contributed by atoms with Gasteiger partial charge in [0.1, 0.15) is 12.2 Å². The van der Waals surface area contributed by atoms with E-state index in [1.54, 1.807) is 18.1 Å². The van der Waals surface area contributed by atoms with Crippen molar-refractivity contribution in [1.82, 2.24) is 25.4 Å². The quantitative estimate of drug-likeness (QED) is 0.360. The van der Waals surface area contributed by atoms with Crippen LogP contribution in [0.2, 0.25) is 0 Å². The molecule has 7 nitrogen and oxygen atoms in total. The normalized spacial score (nSPS) is 12.4.